The van der Waals surface area contributed by atoms with Gasteiger partial charge in [0.2, 0.25) is 11.9 Å². The molecule has 0 fully saturated rings. The second-order valence-corrected chi connectivity index (χ2v) is 5.03. The first-order valence-electron chi connectivity index (χ1n) is 6.66. The molecule has 2 aromatic rings. The lowest BCUT2D eigenvalue weighted by molar-refractivity contribution is 0.222. The molecule has 2 N–H and O–H groups in total. The Morgan fingerprint density at radius 2 is 1.86 bits per heavy atom. The van der Waals surface area contributed by atoms with E-state index >= 15 is 0 Å². The largest absolute Gasteiger partial charge is 0.461 e. The minimum atomic E-state index is -0.00600. The van der Waals surface area contributed by atoms with Crippen molar-refractivity contribution in [3.63, 3.8) is 0 Å². The van der Waals surface area contributed by atoms with E-state index in [1.165, 1.54) is 0 Å². The van der Waals surface area contributed by atoms with Gasteiger partial charge in [-0.25, -0.2) is 0 Å². The van der Waals surface area contributed by atoms with Gasteiger partial charge in [-0.05, 0) is 25.5 Å². The van der Waals surface area contributed by atoms with E-state index in [1.54, 1.807) is 7.05 Å². The van der Waals surface area contributed by atoms with Crippen LogP contribution in [0.25, 0.3) is 0 Å². The Kier molecular flexibility index (Phi) is 5.16. The fourth-order valence-corrected chi connectivity index (χ4v) is 1.83. The zero-order valence-corrected chi connectivity index (χ0v) is 13.0. The Morgan fingerprint density at radius 1 is 1.14 bits per heavy atom. The van der Waals surface area contributed by atoms with Crippen molar-refractivity contribution < 1.29 is 4.74 Å². The van der Waals surface area contributed by atoms with Gasteiger partial charge in [0.25, 0.3) is 0 Å². The van der Waals surface area contributed by atoms with Crippen LogP contribution in [-0.4, -0.2) is 28.1 Å². The van der Waals surface area contributed by atoms with E-state index in [0.717, 1.165) is 5.56 Å². The summed E-state index contributed by atoms with van der Waals surface area (Å²) in [5.41, 5.74) is 0.969. The second-order valence-electron chi connectivity index (χ2n) is 4.63. The molecule has 2 rings (SSSR count). The van der Waals surface area contributed by atoms with Crippen LogP contribution < -0.4 is 15.4 Å². The van der Waals surface area contributed by atoms with Crippen molar-refractivity contribution in [2.75, 3.05) is 17.7 Å². The maximum atomic E-state index is 6.12. The Hall–Kier alpha value is -2.08. The van der Waals surface area contributed by atoms with E-state index in [1.807, 2.05) is 38.1 Å². The Morgan fingerprint density at radius 3 is 2.52 bits per heavy atom. The summed E-state index contributed by atoms with van der Waals surface area (Å²) in [7, 11) is 1.74. The first-order valence-corrected chi connectivity index (χ1v) is 7.04. The SMILES string of the molecule is CNc1nc(NCc2ccccc2Cl)nc(OC(C)C)n1. The molecule has 0 aliphatic carbocycles. The van der Waals surface area contributed by atoms with Crippen LogP contribution in [-0.2, 0) is 6.54 Å². The van der Waals surface area contributed by atoms with Crippen LogP contribution in [0.2, 0.25) is 5.02 Å². The normalized spacial score (nSPS) is 10.5. The minimum Gasteiger partial charge on any atom is -0.461 e. The lowest BCUT2D eigenvalue weighted by Crippen LogP contribution is -2.13. The van der Waals surface area contributed by atoms with Gasteiger partial charge in [-0.1, -0.05) is 29.8 Å². The molecule has 21 heavy (non-hydrogen) atoms. The highest BCUT2D eigenvalue weighted by Gasteiger charge is 2.08. The quantitative estimate of drug-likeness (QED) is 0.855. The average Bonchev–Trinajstić information content (AvgIpc) is 2.45. The van der Waals surface area contributed by atoms with Crippen molar-refractivity contribution in [1.82, 2.24) is 15.0 Å². The molecule has 0 saturated heterocycles. The van der Waals surface area contributed by atoms with Crippen molar-refractivity contribution in [3.05, 3.63) is 34.9 Å². The molecular formula is C14H18ClN5O. The summed E-state index contributed by atoms with van der Waals surface area (Å²) < 4.78 is 5.50. The van der Waals surface area contributed by atoms with Crippen molar-refractivity contribution in [1.29, 1.82) is 0 Å². The molecule has 0 unspecified atom stereocenters. The Bertz CT molecular complexity index is 606. The molecule has 0 aliphatic heterocycles. The van der Waals surface area contributed by atoms with E-state index in [2.05, 4.69) is 25.6 Å². The number of ether oxygens (including phenoxy) is 1. The van der Waals surface area contributed by atoms with Crippen molar-refractivity contribution >= 4 is 23.5 Å². The molecule has 6 nitrogen and oxygen atoms in total. The first kappa shape index (κ1) is 15.3. The van der Waals surface area contributed by atoms with E-state index in [9.17, 15) is 0 Å². The van der Waals surface area contributed by atoms with E-state index < -0.39 is 0 Å². The number of hydrogen-bond donors (Lipinski definition) is 2. The average molecular weight is 308 g/mol. The summed E-state index contributed by atoms with van der Waals surface area (Å²) in [6, 6.07) is 7.90. The maximum absolute atomic E-state index is 6.12. The fourth-order valence-electron chi connectivity index (χ4n) is 1.63. The molecule has 1 aromatic carbocycles. The first-order chi connectivity index (χ1) is 10.1. The number of aromatic nitrogens is 3. The van der Waals surface area contributed by atoms with Crippen LogP contribution in [0.5, 0.6) is 6.01 Å². The van der Waals surface area contributed by atoms with Gasteiger partial charge in [0.15, 0.2) is 0 Å². The van der Waals surface area contributed by atoms with Crippen molar-refractivity contribution in [2.45, 2.75) is 26.5 Å². The smallest absolute Gasteiger partial charge is 0.323 e. The van der Waals surface area contributed by atoms with Gasteiger partial charge in [0.1, 0.15) is 0 Å². The Balaban J connectivity index is 2.13. The summed E-state index contributed by atoms with van der Waals surface area (Å²) in [6.07, 6.45) is -0.00600. The summed E-state index contributed by atoms with van der Waals surface area (Å²) in [4.78, 5) is 12.6. The zero-order chi connectivity index (χ0) is 15.2. The van der Waals surface area contributed by atoms with Gasteiger partial charge in [0.05, 0.1) is 6.10 Å². The predicted molar refractivity (Wildman–Crippen MR) is 83.9 cm³/mol. The Labute approximate surface area is 128 Å². The number of nitrogens with one attached hydrogen (secondary N) is 2. The summed E-state index contributed by atoms with van der Waals surface area (Å²) in [5, 5.41) is 6.71. The summed E-state index contributed by atoms with van der Waals surface area (Å²) in [5.74, 6) is 0.882. The summed E-state index contributed by atoms with van der Waals surface area (Å²) in [6.45, 7) is 4.35. The monoisotopic (exact) mass is 307 g/mol. The molecule has 0 radical (unpaired) electrons. The van der Waals surface area contributed by atoms with Crippen LogP contribution >= 0.6 is 11.6 Å². The van der Waals surface area contributed by atoms with Gasteiger partial charge >= 0.3 is 6.01 Å². The van der Waals surface area contributed by atoms with Crippen LogP contribution in [0.1, 0.15) is 19.4 Å². The molecule has 112 valence electrons. The van der Waals surface area contributed by atoms with Crippen LogP contribution in [0, 0.1) is 0 Å². The van der Waals surface area contributed by atoms with E-state index in [-0.39, 0.29) is 12.1 Å². The number of rotatable bonds is 6. The molecule has 0 spiro atoms. The summed E-state index contributed by atoms with van der Waals surface area (Å²) >= 11 is 6.12. The van der Waals surface area contributed by atoms with Crippen LogP contribution in [0.15, 0.2) is 24.3 Å². The van der Waals surface area contributed by atoms with Gasteiger partial charge in [0, 0.05) is 18.6 Å². The maximum Gasteiger partial charge on any atom is 0.323 e. The number of anilines is 2. The highest BCUT2D eigenvalue weighted by atomic mass is 35.5. The van der Waals surface area contributed by atoms with E-state index in [0.29, 0.717) is 23.5 Å². The molecule has 0 aliphatic rings. The third-order valence-electron chi connectivity index (χ3n) is 2.57. The van der Waals surface area contributed by atoms with Crippen molar-refractivity contribution in [3.8, 4) is 6.01 Å². The number of nitrogens with zero attached hydrogens (tertiary/aromatic N) is 3. The molecule has 7 heteroatoms. The van der Waals surface area contributed by atoms with E-state index in [4.69, 9.17) is 16.3 Å². The topological polar surface area (TPSA) is 72.0 Å². The second kappa shape index (κ2) is 7.08. The molecule has 0 amide bonds. The van der Waals surface area contributed by atoms with Gasteiger partial charge < -0.3 is 15.4 Å². The minimum absolute atomic E-state index is 0.00600. The highest BCUT2D eigenvalue weighted by molar-refractivity contribution is 6.31. The van der Waals surface area contributed by atoms with Gasteiger partial charge in [-0.3, -0.25) is 0 Å². The number of benzene rings is 1. The third kappa shape index (κ3) is 4.46. The third-order valence-corrected chi connectivity index (χ3v) is 2.94. The van der Waals surface area contributed by atoms with Gasteiger partial charge in [-0.15, -0.1) is 0 Å². The van der Waals surface area contributed by atoms with Gasteiger partial charge in [-0.2, -0.15) is 15.0 Å². The lowest BCUT2D eigenvalue weighted by atomic mass is 10.2. The molecule has 0 atom stereocenters. The predicted octanol–water partition coefficient (Wildman–Crippen LogP) is 2.97. The zero-order valence-electron chi connectivity index (χ0n) is 12.2. The highest BCUT2D eigenvalue weighted by Crippen LogP contribution is 2.17. The molecule has 0 saturated carbocycles. The molecular weight excluding hydrogens is 290 g/mol. The standard InChI is InChI=1S/C14H18ClN5O/c1-9(2)21-14-19-12(16-3)18-13(20-14)17-8-10-6-4-5-7-11(10)15/h4-7,9H,8H2,1-3H3,(H2,16,17,18,19,20). The fraction of sp³-hybridized carbons (Fsp3) is 0.357. The molecule has 0 bridgehead atoms. The molecule has 1 heterocycles. The van der Waals surface area contributed by atoms with Crippen LogP contribution in [0.4, 0.5) is 11.9 Å². The molecule has 1 aromatic heterocycles. The van der Waals surface area contributed by atoms with Crippen LogP contribution in [0.3, 0.4) is 0 Å². The van der Waals surface area contributed by atoms with Crippen molar-refractivity contribution in [2.24, 2.45) is 0 Å². The number of halogens is 1. The number of hydrogen-bond acceptors (Lipinski definition) is 6. The lowest BCUT2D eigenvalue weighted by Gasteiger charge is -2.11.